The van der Waals surface area contributed by atoms with Crippen molar-refractivity contribution in [2.75, 3.05) is 26.0 Å². The molecular formula is C27H30N4O7S. The van der Waals surface area contributed by atoms with Gasteiger partial charge < -0.3 is 25.8 Å². The van der Waals surface area contributed by atoms with Crippen molar-refractivity contribution in [2.45, 2.75) is 24.3 Å². The molecule has 0 spiro atoms. The molecule has 0 aromatic heterocycles. The summed E-state index contributed by atoms with van der Waals surface area (Å²) in [6.45, 7) is 1.02. The van der Waals surface area contributed by atoms with E-state index in [9.17, 15) is 22.8 Å². The molecule has 0 radical (unpaired) electrons. The van der Waals surface area contributed by atoms with E-state index < -0.39 is 40.6 Å². The van der Waals surface area contributed by atoms with E-state index in [-0.39, 0.29) is 17.0 Å². The Morgan fingerprint density at radius 1 is 0.949 bits per heavy atom. The Morgan fingerprint density at radius 3 is 2.31 bits per heavy atom. The molecule has 0 bridgehead atoms. The molecule has 3 aromatic rings. The molecule has 11 nitrogen and oxygen atoms in total. The van der Waals surface area contributed by atoms with Crippen molar-refractivity contribution in [1.82, 2.24) is 9.62 Å². The minimum atomic E-state index is -3.72. The van der Waals surface area contributed by atoms with E-state index in [4.69, 9.17) is 15.2 Å². The highest BCUT2D eigenvalue weighted by atomic mass is 32.2. The number of primary amides is 1. The summed E-state index contributed by atoms with van der Waals surface area (Å²) >= 11 is 0. The van der Waals surface area contributed by atoms with Crippen LogP contribution in [0.15, 0.2) is 77.7 Å². The second kappa shape index (κ2) is 12.9. The van der Waals surface area contributed by atoms with Crippen LogP contribution in [0.2, 0.25) is 0 Å². The Balaban J connectivity index is 1.63. The second-order valence-corrected chi connectivity index (χ2v) is 10.8. The number of nitrogens with zero attached hydrogens (tertiary/aromatic N) is 1. The number of rotatable bonds is 11. The molecule has 0 aliphatic rings. The summed E-state index contributed by atoms with van der Waals surface area (Å²) in [6, 6.07) is 18.6. The van der Waals surface area contributed by atoms with Crippen LogP contribution in [0.4, 0.5) is 10.5 Å². The molecule has 0 saturated heterocycles. The molecule has 3 aromatic carbocycles. The Bertz CT molecular complexity index is 1440. The average Bonchev–Trinajstić information content (AvgIpc) is 2.88. The molecule has 1 atom stereocenters. The number of sulfonamides is 1. The highest BCUT2D eigenvalue weighted by Gasteiger charge is 2.22. The van der Waals surface area contributed by atoms with Crippen LogP contribution < -0.4 is 21.1 Å². The number of esters is 1. The van der Waals surface area contributed by atoms with E-state index in [0.29, 0.717) is 22.6 Å². The maximum Gasteiger partial charge on any atom is 0.312 e. The summed E-state index contributed by atoms with van der Waals surface area (Å²) in [4.78, 5) is 36.6. The molecule has 0 fully saturated rings. The van der Waals surface area contributed by atoms with E-state index in [1.807, 2.05) is 18.2 Å². The SMILES string of the molecule is Cc1ccc(NC(=O)COC(=O)C[C@H](NC(N)=O)c2cccc(Oc3ccccc3)c2)cc1S(=O)(=O)N(C)C. The highest BCUT2D eigenvalue weighted by Crippen LogP contribution is 2.26. The minimum Gasteiger partial charge on any atom is -0.457 e. The van der Waals surface area contributed by atoms with Gasteiger partial charge in [-0.25, -0.2) is 17.5 Å². The van der Waals surface area contributed by atoms with Crippen molar-refractivity contribution in [3.8, 4) is 11.5 Å². The second-order valence-electron chi connectivity index (χ2n) is 8.73. The minimum absolute atomic E-state index is 0.0427. The van der Waals surface area contributed by atoms with Crippen molar-refractivity contribution >= 4 is 33.6 Å². The monoisotopic (exact) mass is 554 g/mol. The van der Waals surface area contributed by atoms with E-state index in [0.717, 1.165) is 4.31 Å². The van der Waals surface area contributed by atoms with Crippen LogP contribution in [0, 0.1) is 6.92 Å². The van der Waals surface area contributed by atoms with Gasteiger partial charge in [0.2, 0.25) is 10.0 Å². The van der Waals surface area contributed by atoms with Gasteiger partial charge in [0.1, 0.15) is 11.5 Å². The van der Waals surface area contributed by atoms with Gasteiger partial charge in [-0.15, -0.1) is 0 Å². The number of urea groups is 1. The topological polar surface area (TPSA) is 157 Å². The van der Waals surface area contributed by atoms with Crippen LogP contribution in [-0.4, -0.2) is 51.3 Å². The summed E-state index contributed by atoms with van der Waals surface area (Å²) in [5, 5.41) is 5.02. The number of hydrogen-bond acceptors (Lipinski definition) is 7. The molecule has 3 amide bonds. The van der Waals surface area contributed by atoms with E-state index >= 15 is 0 Å². The van der Waals surface area contributed by atoms with Crippen molar-refractivity contribution in [2.24, 2.45) is 5.73 Å². The Kier molecular flexibility index (Phi) is 9.63. The summed E-state index contributed by atoms with van der Waals surface area (Å²) in [5.41, 5.74) is 6.59. The zero-order valence-electron chi connectivity index (χ0n) is 21.7. The first-order valence-corrected chi connectivity index (χ1v) is 13.3. The number of nitrogens with two attached hydrogens (primary N) is 1. The van der Waals surface area contributed by atoms with Crippen LogP contribution in [0.3, 0.4) is 0 Å². The number of carbonyl (C=O) groups is 3. The summed E-state index contributed by atoms with van der Waals surface area (Å²) < 4.78 is 37.0. The van der Waals surface area contributed by atoms with Crippen LogP contribution in [-0.2, 0) is 24.3 Å². The normalized spacial score (nSPS) is 11.9. The molecule has 0 heterocycles. The standard InChI is InChI=1S/C27H30N4O7S/c1-18-12-13-20(15-24(18)39(35,36)31(2)3)29-25(32)17-37-26(33)16-23(30-27(28)34)19-8-7-11-22(14-19)38-21-9-5-4-6-10-21/h4-15,23H,16-17H2,1-3H3,(H,29,32)(H3,28,30,34)/t23-/m0/s1. The van der Waals surface area contributed by atoms with Crippen molar-refractivity contribution in [3.05, 3.63) is 83.9 Å². The number of para-hydroxylation sites is 1. The lowest BCUT2D eigenvalue weighted by Crippen LogP contribution is -2.35. The van der Waals surface area contributed by atoms with Crippen molar-refractivity contribution in [3.63, 3.8) is 0 Å². The predicted molar refractivity (Wildman–Crippen MR) is 145 cm³/mol. The van der Waals surface area contributed by atoms with E-state index in [1.54, 1.807) is 55.5 Å². The fourth-order valence-electron chi connectivity index (χ4n) is 3.56. The summed E-state index contributed by atoms with van der Waals surface area (Å²) in [6.07, 6.45) is -0.305. The molecule has 0 aliphatic heterocycles. The predicted octanol–water partition coefficient (Wildman–Crippen LogP) is 3.32. The number of ether oxygens (including phenoxy) is 2. The molecule has 0 saturated carbocycles. The first-order chi connectivity index (χ1) is 18.5. The molecule has 3 rings (SSSR count). The van der Waals surface area contributed by atoms with Gasteiger partial charge in [0.15, 0.2) is 6.61 Å². The number of anilines is 1. The third kappa shape index (κ3) is 8.28. The average molecular weight is 555 g/mol. The molecule has 206 valence electrons. The third-order valence-electron chi connectivity index (χ3n) is 5.52. The zero-order valence-corrected chi connectivity index (χ0v) is 22.5. The van der Waals surface area contributed by atoms with E-state index in [1.165, 1.54) is 20.2 Å². The Hall–Kier alpha value is -4.42. The number of hydrogen-bond donors (Lipinski definition) is 3. The maximum absolute atomic E-state index is 12.5. The van der Waals surface area contributed by atoms with E-state index in [2.05, 4.69) is 10.6 Å². The quantitative estimate of drug-likeness (QED) is 0.307. The Labute approximate surface area is 227 Å². The lowest BCUT2D eigenvalue weighted by atomic mass is 10.0. The summed E-state index contributed by atoms with van der Waals surface area (Å²) in [5.74, 6) is -0.341. The van der Waals surface area contributed by atoms with Crippen LogP contribution in [0.25, 0.3) is 0 Å². The summed E-state index contributed by atoms with van der Waals surface area (Å²) in [7, 11) is -0.901. The molecule has 39 heavy (non-hydrogen) atoms. The smallest absolute Gasteiger partial charge is 0.312 e. The number of nitrogens with one attached hydrogen (secondary N) is 2. The van der Waals surface area contributed by atoms with Crippen LogP contribution >= 0.6 is 0 Å². The van der Waals surface area contributed by atoms with Gasteiger partial charge in [0, 0.05) is 19.8 Å². The lowest BCUT2D eigenvalue weighted by Gasteiger charge is -2.18. The number of aryl methyl sites for hydroxylation is 1. The molecule has 0 unspecified atom stereocenters. The van der Waals surface area contributed by atoms with Gasteiger partial charge in [-0.3, -0.25) is 9.59 Å². The largest absolute Gasteiger partial charge is 0.457 e. The lowest BCUT2D eigenvalue weighted by molar-refractivity contribution is -0.147. The van der Waals surface area contributed by atoms with Gasteiger partial charge in [0.25, 0.3) is 5.91 Å². The number of carbonyl (C=O) groups excluding carboxylic acids is 3. The van der Waals surface area contributed by atoms with Crippen molar-refractivity contribution < 1.29 is 32.3 Å². The Morgan fingerprint density at radius 2 is 1.64 bits per heavy atom. The molecule has 0 aliphatic carbocycles. The molecular weight excluding hydrogens is 524 g/mol. The highest BCUT2D eigenvalue weighted by molar-refractivity contribution is 7.89. The van der Waals surface area contributed by atoms with Crippen LogP contribution in [0.5, 0.6) is 11.5 Å². The van der Waals surface area contributed by atoms with Gasteiger partial charge in [-0.2, -0.15) is 0 Å². The first kappa shape index (κ1) is 29.1. The van der Waals surface area contributed by atoms with Gasteiger partial charge in [-0.05, 0) is 54.4 Å². The van der Waals surface area contributed by atoms with Gasteiger partial charge >= 0.3 is 12.0 Å². The molecule has 4 N–H and O–H groups in total. The third-order valence-corrected chi connectivity index (χ3v) is 7.48. The van der Waals surface area contributed by atoms with Gasteiger partial charge in [0.05, 0.1) is 17.4 Å². The maximum atomic E-state index is 12.5. The van der Waals surface area contributed by atoms with Crippen molar-refractivity contribution in [1.29, 1.82) is 0 Å². The molecule has 12 heteroatoms. The zero-order chi connectivity index (χ0) is 28.6. The number of amides is 3. The fourth-order valence-corrected chi connectivity index (χ4v) is 4.71. The fraction of sp³-hybridized carbons (Fsp3) is 0.222. The van der Waals surface area contributed by atoms with Gasteiger partial charge in [-0.1, -0.05) is 36.4 Å². The van der Waals surface area contributed by atoms with Crippen LogP contribution in [0.1, 0.15) is 23.6 Å². The first-order valence-electron chi connectivity index (χ1n) is 11.8. The number of benzene rings is 3.